The van der Waals surface area contributed by atoms with E-state index < -0.39 is 0 Å². The molecular formula is C9H9N3O2. The molecule has 1 aromatic heterocycles. The Morgan fingerprint density at radius 1 is 1.43 bits per heavy atom. The molecule has 0 N–H and O–H groups in total. The van der Waals surface area contributed by atoms with Crippen LogP contribution in [-0.4, -0.2) is 19.3 Å². The first kappa shape index (κ1) is 8.68. The van der Waals surface area contributed by atoms with Crippen molar-refractivity contribution in [1.82, 2.24) is 5.16 Å². The molecule has 0 spiro atoms. The zero-order valence-electron chi connectivity index (χ0n) is 7.89. The zero-order valence-corrected chi connectivity index (χ0v) is 7.89. The van der Waals surface area contributed by atoms with Crippen LogP contribution in [0.3, 0.4) is 0 Å². The van der Waals surface area contributed by atoms with Crippen molar-refractivity contribution in [1.29, 1.82) is 0 Å². The lowest BCUT2D eigenvalue weighted by Crippen LogP contribution is -1.82. The van der Waals surface area contributed by atoms with Crippen molar-refractivity contribution in [3.05, 3.63) is 18.3 Å². The molecule has 72 valence electrons. The van der Waals surface area contributed by atoms with E-state index in [0.717, 1.165) is 5.39 Å². The van der Waals surface area contributed by atoms with Gasteiger partial charge in [-0.2, -0.15) is 10.2 Å². The minimum atomic E-state index is 0.625. The SMILES string of the molecule is C/N=N/c1cc2cnoc2cc1OC. The minimum Gasteiger partial charge on any atom is -0.494 e. The van der Waals surface area contributed by atoms with Crippen LogP contribution in [-0.2, 0) is 0 Å². The summed E-state index contributed by atoms with van der Waals surface area (Å²) in [4.78, 5) is 0. The summed E-state index contributed by atoms with van der Waals surface area (Å²) >= 11 is 0. The molecule has 2 rings (SSSR count). The highest BCUT2D eigenvalue weighted by Gasteiger charge is 2.07. The summed E-state index contributed by atoms with van der Waals surface area (Å²) in [6, 6.07) is 3.56. The molecule has 0 radical (unpaired) electrons. The monoisotopic (exact) mass is 191 g/mol. The first-order chi connectivity index (χ1) is 6.85. The van der Waals surface area contributed by atoms with E-state index in [1.54, 1.807) is 26.4 Å². The molecule has 0 unspecified atom stereocenters. The van der Waals surface area contributed by atoms with Crippen LogP contribution < -0.4 is 4.74 Å². The van der Waals surface area contributed by atoms with Gasteiger partial charge in [-0.15, -0.1) is 0 Å². The average Bonchev–Trinajstić information content (AvgIpc) is 2.64. The number of methoxy groups -OCH3 is 1. The Labute approximate surface area is 80.4 Å². The van der Waals surface area contributed by atoms with E-state index >= 15 is 0 Å². The third kappa shape index (κ3) is 1.32. The third-order valence-corrected chi connectivity index (χ3v) is 1.86. The number of rotatable bonds is 2. The highest BCUT2D eigenvalue weighted by atomic mass is 16.5. The van der Waals surface area contributed by atoms with E-state index in [9.17, 15) is 0 Å². The Hall–Kier alpha value is -1.91. The highest BCUT2D eigenvalue weighted by molar-refractivity contribution is 5.82. The van der Waals surface area contributed by atoms with Gasteiger partial charge in [0, 0.05) is 18.5 Å². The van der Waals surface area contributed by atoms with E-state index in [4.69, 9.17) is 9.26 Å². The number of hydrogen-bond acceptors (Lipinski definition) is 5. The topological polar surface area (TPSA) is 60.0 Å². The van der Waals surface area contributed by atoms with Gasteiger partial charge in [-0.1, -0.05) is 5.16 Å². The van der Waals surface area contributed by atoms with Gasteiger partial charge in [0.1, 0.15) is 11.4 Å². The molecule has 0 bridgehead atoms. The molecule has 0 amide bonds. The number of nitrogens with zero attached hydrogens (tertiary/aromatic N) is 3. The Balaban J connectivity index is 2.66. The lowest BCUT2D eigenvalue weighted by molar-refractivity contribution is 0.412. The average molecular weight is 191 g/mol. The zero-order chi connectivity index (χ0) is 9.97. The summed E-state index contributed by atoms with van der Waals surface area (Å²) in [7, 11) is 3.18. The second kappa shape index (κ2) is 3.45. The van der Waals surface area contributed by atoms with Gasteiger partial charge in [-0.05, 0) is 6.07 Å². The standard InChI is InChI=1S/C9H9N3O2/c1-10-12-7-3-6-5-11-14-8(6)4-9(7)13-2/h3-5H,1-2H3/b12-10+. The summed E-state index contributed by atoms with van der Waals surface area (Å²) in [5.41, 5.74) is 1.35. The lowest BCUT2D eigenvalue weighted by Gasteiger charge is -2.01. The molecule has 0 saturated carbocycles. The number of hydrogen-bond donors (Lipinski definition) is 0. The van der Waals surface area contributed by atoms with Crippen LogP contribution in [0, 0.1) is 0 Å². The fraction of sp³-hybridized carbons (Fsp3) is 0.222. The number of azo groups is 1. The van der Waals surface area contributed by atoms with Crippen LogP contribution >= 0.6 is 0 Å². The van der Waals surface area contributed by atoms with Crippen molar-refractivity contribution in [2.45, 2.75) is 0 Å². The van der Waals surface area contributed by atoms with Gasteiger partial charge >= 0.3 is 0 Å². The molecule has 0 aliphatic heterocycles. The van der Waals surface area contributed by atoms with E-state index in [0.29, 0.717) is 17.0 Å². The second-order valence-electron chi connectivity index (χ2n) is 2.69. The largest absolute Gasteiger partial charge is 0.494 e. The molecule has 0 saturated heterocycles. The fourth-order valence-corrected chi connectivity index (χ4v) is 1.24. The fourth-order valence-electron chi connectivity index (χ4n) is 1.24. The minimum absolute atomic E-state index is 0.625. The molecule has 5 nitrogen and oxygen atoms in total. The maximum Gasteiger partial charge on any atom is 0.170 e. The highest BCUT2D eigenvalue weighted by Crippen LogP contribution is 2.32. The predicted octanol–water partition coefficient (Wildman–Crippen LogP) is 2.55. The van der Waals surface area contributed by atoms with Crippen molar-refractivity contribution in [3.8, 4) is 5.75 Å². The molecule has 0 aliphatic carbocycles. The third-order valence-electron chi connectivity index (χ3n) is 1.86. The van der Waals surface area contributed by atoms with Crippen LogP contribution in [0.5, 0.6) is 5.75 Å². The first-order valence-electron chi connectivity index (χ1n) is 4.07. The van der Waals surface area contributed by atoms with Gasteiger partial charge in [0.15, 0.2) is 5.58 Å². The van der Waals surface area contributed by atoms with E-state index in [2.05, 4.69) is 15.4 Å². The normalized spacial score (nSPS) is 11.3. The Morgan fingerprint density at radius 3 is 3.00 bits per heavy atom. The predicted molar refractivity (Wildman–Crippen MR) is 51.0 cm³/mol. The van der Waals surface area contributed by atoms with Crippen molar-refractivity contribution >= 4 is 16.7 Å². The van der Waals surface area contributed by atoms with Crippen molar-refractivity contribution in [2.24, 2.45) is 10.2 Å². The molecule has 14 heavy (non-hydrogen) atoms. The summed E-state index contributed by atoms with van der Waals surface area (Å²) in [5.74, 6) is 0.625. The second-order valence-corrected chi connectivity index (χ2v) is 2.69. The van der Waals surface area contributed by atoms with Gasteiger partial charge in [0.05, 0.1) is 13.3 Å². The van der Waals surface area contributed by atoms with E-state index in [1.807, 2.05) is 6.07 Å². The number of benzene rings is 1. The van der Waals surface area contributed by atoms with Crippen molar-refractivity contribution < 1.29 is 9.26 Å². The maximum absolute atomic E-state index is 5.13. The quantitative estimate of drug-likeness (QED) is 0.685. The van der Waals surface area contributed by atoms with Gasteiger partial charge in [0.25, 0.3) is 0 Å². The molecule has 0 atom stereocenters. The van der Waals surface area contributed by atoms with E-state index in [1.165, 1.54) is 0 Å². The molecule has 0 fully saturated rings. The van der Waals surface area contributed by atoms with Crippen LogP contribution in [0.1, 0.15) is 0 Å². The Kier molecular flexibility index (Phi) is 2.14. The Morgan fingerprint density at radius 2 is 2.29 bits per heavy atom. The van der Waals surface area contributed by atoms with Crippen LogP contribution in [0.2, 0.25) is 0 Å². The number of aromatic nitrogens is 1. The molecule has 5 heteroatoms. The summed E-state index contributed by atoms with van der Waals surface area (Å²) in [5, 5.41) is 12.2. The number of ether oxygens (including phenoxy) is 1. The molecule has 0 aliphatic rings. The molecular weight excluding hydrogens is 182 g/mol. The maximum atomic E-state index is 5.13. The molecule has 1 aromatic carbocycles. The summed E-state index contributed by atoms with van der Waals surface area (Å²) in [6.07, 6.45) is 1.63. The van der Waals surface area contributed by atoms with Crippen LogP contribution in [0.4, 0.5) is 5.69 Å². The van der Waals surface area contributed by atoms with Gasteiger partial charge in [-0.25, -0.2) is 0 Å². The summed E-state index contributed by atoms with van der Waals surface area (Å²) < 4.78 is 10.1. The van der Waals surface area contributed by atoms with Crippen molar-refractivity contribution in [3.63, 3.8) is 0 Å². The van der Waals surface area contributed by atoms with Gasteiger partial charge in [0.2, 0.25) is 0 Å². The van der Waals surface area contributed by atoms with E-state index in [-0.39, 0.29) is 0 Å². The first-order valence-corrected chi connectivity index (χ1v) is 4.07. The molecule has 2 aromatic rings. The van der Waals surface area contributed by atoms with Gasteiger partial charge in [-0.3, -0.25) is 0 Å². The molecule has 1 heterocycles. The van der Waals surface area contributed by atoms with Crippen LogP contribution in [0.15, 0.2) is 33.1 Å². The summed E-state index contributed by atoms with van der Waals surface area (Å²) in [6.45, 7) is 0. The Bertz CT molecular complexity index is 476. The number of fused-ring (bicyclic) bond motifs is 1. The smallest absolute Gasteiger partial charge is 0.170 e. The van der Waals surface area contributed by atoms with Gasteiger partial charge < -0.3 is 9.26 Å². The van der Waals surface area contributed by atoms with Crippen molar-refractivity contribution in [2.75, 3.05) is 14.2 Å². The lowest BCUT2D eigenvalue weighted by atomic mass is 10.2. The van der Waals surface area contributed by atoms with Crippen LogP contribution in [0.25, 0.3) is 11.0 Å².